The van der Waals surface area contributed by atoms with Crippen LogP contribution in [0.15, 0.2) is 35.4 Å². The largest absolute Gasteiger partial charge is 0.334 e. The molecule has 140 valence electrons. The van der Waals surface area contributed by atoms with Gasteiger partial charge in [0.2, 0.25) is 0 Å². The lowest BCUT2D eigenvalue weighted by Gasteiger charge is -2.31. The van der Waals surface area contributed by atoms with Gasteiger partial charge in [0.15, 0.2) is 0 Å². The summed E-state index contributed by atoms with van der Waals surface area (Å²) in [5.41, 5.74) is 3.30. The molecule has 1 aliphatic rings. The molecule has 8 heteroatoms. The lowest BCUT2D eigenvalue weighted by atomic mass is 9.93. The number of amides is 2. The zero-order chi connectivity index (χ0) is 19.0. The predicted octanol–water partition coefficient (Wildman–Crippen LogP) is 2.38. The highest BCUT2D eigenvalue weighted by atomic mass is 16.2. The lowest BCUT2D eigenvalue weighted by Crippen LogP contribution is -2.40. The van der Waals surface area contributed by atoms with Gasteiger partial charge in [-0.25, -0.2) is 14.8 Å². The molecule has 0 aliphatic carbocycles. The number of carbonyl (C=O) groups excluding carboxylic acids is 1. The second-order valence-corrected chi connectivity index (χ2v) is 7.01. The van der Waals surface area contributed by atoms with Crippen molar-refractivity contribution in [1.29, 1.82) is 0 Å². The van der Waals surface area contributed by atoms with Crippen LogP contribution in [0.1, 0.15) is 30.3 Å². The zero-order valence-corrected chi connectivity index (χ0v) is 15.4. The van der Waals surface area contributed by atoms with Gasteiger partial charge in [0.25, 0.3) is 5.56 Å². The molecule has 4 rings (SSSR count). The molecule has 0 saturated carbocycles. The number of aromatic amines is 1. The van der Waals surface area contributed by atoms with Gasteiger partial charge in [0.1, 0.15) is 5.82 Å². The maximum atomic E-state index is 12.6. The van der Waals surface area contributed by atoms with Crippen LogP contribution in [0.5, 0.6) is 0 Å². The Bertz CT molecular complexity index is 1050. The van der Waals surface area contributed by atoms with Gasteiger partial charge in [-0.2, -0.15) is 0 Å². The number of likely N-dealkylation sites (tertiary alicyclic amines) is 1. The summed E-state index contributed by atoms with van der Waals surface area (Å²) in [5, 5.41) is 2.95. The number of imidazole rings is 1. The molecule has 3 aromatic rings. The van der Waals surface area contributed by atoms with E-state index in [4.69, 9.17) is 0 Å². The molecule has 1 saturated heterocycles. The van der Waals surface area contributed by atoms with Crippen LogP contribution in [0.3, 0.4) is 0 Å². The number of nitrogens with zero attached hydrogens (tertiary/aromatic N) is 4. The van der Waals surface area contributed by atoms with E-state index in [0.29, 0.717) is 18.9 Å². The Morgan fingerprint density at radius 1 is 1.26 bits per heavy atom. The number of benzene rings is 1. The number of fused-ring (bicyclic) bond motifs is 1. The first-order valence-corrected chi connectivity index (χ1v) is 9.04. The van der Waals surface area contributed by atoms with Crippen LogP contribution in [0, 0.1) is 6.92 Å². The Kier molecular flexibility index (Phi) is 4.39. The number of aryl methyl sites for hydroxylation is 2. The minimum Gasteiger partial charge on any atom is -0.334 e. The van der Waals surface area contributed by atoms with Crippen LogP contribution in [-0.2, 0) is 7.05 Å². The van der Waals surface area contributed by atoms with Crippen LogP contribution < -0.4 is 10.9 Å². The molecule has 0 spiro atoms. The Balaban J connectivity index is 1.39. The fourth-order valence-corrected chi connectivity index (χ4v) is 3.61. The summed E-state index contributed by atoms with van der Waals surface area (Å²) < 4.78 is 1.94. The minimum absolute atomic E-state index is 0.112. The molecule has 2 N–H and O–H groups in total. The van der Waals surface area contributed by atoms with Crippen LogP contribution in [0.2, 0.25) is 0 Å². The van der Waals surface area contributed by atoms with Crippen molar-refractivity contribution < 1.29 is 4.79 Å². The number of carbonyl (C=O) groups is 1. The average molecular weight is 366 g/mol. The average Bonchev–Trinajstić information content (AvgIpc) is 3.01. The Hall–Kier alpha value is -3.16. The van der Waals surface area contributed by atoms with E-state index in [1.165, 1.54) is 0 Å². The van der Waals surface area contributed by atoms with E-state index in [9.17, 15) is 9.59 Å². The molecule has 1 fully saturated rings. The van der Waals surface area contributed by atoms with Gasteiger partial charge in [-0.05, 0) is 38.0 Å². The summed E-state index contributed by atoms with van der Waals surface area (Å²) in [5.74, 6) is 0.836. The third-order valence-electron chi connectivity index (χ3n) is 5.06. The number of hydrogen-bond donors (Lipinski definition) is 2. The number of urea groups is 1. The number of piperidine rings is 1. The van der Waals surface area contributed by atoms with E-state index in [-0.39, 0.29) is 17.5 Å². The summed E-state index contributed by atoms with van der Waals surface area (Å²) in [6.07, 6.45) is 3.34. The summed E-state index contributed by atoms with van der Waals surface area (Å²) in [7, 11) is 1.94. The van der Waals surface area contributed by atoms with Crippen molar-refractivity contribution in [2.24, 2.45) is 7.05 Å². The molecule has 1 aliphatic heterocycles. The molecule has 2 amide bonds. The highest BCUT2D eigenvalue weighted by molar-refractivity contribution is 5.92. The minimum atomic E-state index is -0.123. The smallest absolute Gasteiger partial charge is 0.321 e. The summed E-state index contributed by atoms with van der Waals surface area (Å²) in [4.78, 5) is 37.5. The van der Waals surface area contributed by atoms with Gasteiger partial charge in [0.05, 0.1) is 23.1 Å². The van der Waals surface area contributed by atoms with Crippen LogP contribution >= 0.6 is 0 Å². The predicted molar refractivity (Wildman–Crippen MR) is 103 cm³/mol. The molecule has 0 unspecified atom stereocenters. The maximum absolute atomic E-state index is 12.6. The molecule has 3 heterocycles. The van der Waals surface area contributed by atoms with Gasteiger partial charge in [0, 0.05) is 37.8 Å². The number of hydrogen-bond acceptors (Lipinski definition) is 4. The van der Waals surface area contributed by atoms with Crippen LogP contribution in [-0.4, -0.2) is 43.5 Å². The van der Waals surface area contributed by atoms with Crippen molar-refractivity contribution in [3.05, 3.63) is 52.5 Å². The molecule has 0 radical (unpaired) electrons. The van der Waals surface area contributed by atoms with Crippen molar-refractivity contribution in [3.8, 4) is 0 Å². The molecule has 27 heavy (non-hydrogen) atoms. The number of anilines is 1. The Morgan fingerprint density at radius 2 is 2.04 bits per heavy atom. The van der Waals surface area contributed by atoms with E-state index in [2.05, 4.69) is 20.3 Å². The molecule has 2 aromatic heterocycles. The van der Waals surface area contributed by atoms with Crippen LogP contribution in [0.25, 0.3) is 11.0 Å². The molecular formula is C19H22N6O2. The molecule has 0 bridgehead atoms. The highest BCUT2D eigenvalue weighted by Crippen LogP contribution is 2.26. The first-order valence-electron chi connectivity index (χ1n) is 9.04. The fourth-order valence-electron chi connectivity index (χ4n) is 3.61. The molecular weight excluding hydrogens is 344 g/mol. The number of H-pyrrole nitrogens is 1. The second-order valence-electron chi connectivity index (χ2n) is 7.01. The quantitative estimate of drug-likeness (QED) is 0.728. The van der Waals surface area contributed by atoms with Crippen molar-refractivity contribution in [2.45, 2.75) is 25.7 Å². The van der Waals surface area contributed by atoms with E-state index < -0.39 is 0 Å². The standard InChI is InChI=1S/C19H22N6O2/c1-12-21-15(10-18(26)22-12)13-5-7-25(8-6-13)19(27)23-14-3-4-17-16(9-14)20-11-24(17)2/h3-4,9-11,13H,5-8H2,1-2H3,(H,23,27)(H,21,22,26). The van der Waals surface area contributed by atoms with E-state index in [1.54, 1.807) is 24.2 Å². The van der Waals surface area contributed by atoms with E-state index >= 15 is 0 Å². The third kappa shape index (κ3) is 3.55. The van der Waals surface area contributed by atoms with Crippen molar-refractivity contribution in [2.75, 3.05) is 18.4 Å². The van der Waals surface area contributed by atoms with Crippen molar-refractivity contribution >= 4 is 22.8 Å². The topological polar surface area (TPSA) is 95.9 Å². The van der Waals surface area contributed by atoms with Gasteiger partial charge in [-0.3, -0.25) is 4.79 Å². The fraction of sp³-hybridized carbons (Fsp3) is 0.368. The number of aromatic nitrogens is 4. The summed E-state index contributed by atoms with van der Waals surface area (Å²) in [6.45, 7) is 3.05. The first kappa shape index (κ1) is 17.3. The Labute approximate surface area is 156 Å². The van der Waals surface area contributed by atoms with Gasteiger partial charge < -0.3 is 19.8 Å². The SMILES string of the molecule is Cc1nc(C2CCN(C(=O)Nc3ccc4c(c3)ncn4C)CC2)cc(=O)[nH]1. The monoisotopic (exact) mass is 366 g/mol. The summed E-state index contributed by atoms with van der Waals surface area (Å²) >= 11 is 0. The molecule has 0 atom stereocenters. The third-order valence-corrected chi connectivity index (χ3v) is 5.06. The van der Waals surface area contributed by atoms with Gasteiger partial charge >= 0.3 is 6.03 Å². The van der Waals surface area contributed by atoms with E-state index in [1.807, 2.05) is 29.8 Å². The number of nitrogens with one attached hydrogen (secondary N) is 2. The van der Waals surface area contributed by atoms with E-state index in [0.717, 1.165) is 35.3 Å². The van der Waals surface area contributed by atoms with Gasteiger partial charge in [-0.1, -0.05) is 0 Å². The Morgan fingerprint density at radius 3 is 2.78 bits per heavy atom. The maximum Gasteiger partial charge on any atom is 0.321 e. The molecule has 1 aromatic carbocycles. The first-order chi connectivity index (χ1) is 13.0. The molecule has 8 nitrogen and oxygen atoms in total. The zero-order valence-electron chi connectivity index (χ0n) is 15.4. The van der Waals surface area contributed by atoms with Crippen LogP contribution in [0.4, 0.5) is 10.5 Å². The number of rotatable bonds is 2. The van der Waals surface area contributed by atoms with Crippen molar-refractivity contribution in [3.63, 3.8) is 0 Å². The highest BCUT2D eigenvalue weighted by Gasteiger charge is 2.25. The second kappa shape index (κ2) is 6.86. The summed E-state index contributed by atoms with van der Waals surface area (Å²) in [6, 6.07) is 7.17. The normalized spacial score (nSPS) is 15.3. The van der Waals surface area contributed by atoms with Crippen molar-refractivity contribution in [1.82, 2.24) is 24.4 Å². The van der Waals surface area contributed by atoms with Gasteiger partial charge in [-0.15, -0.1) is 0 Å². The lowest BCUT2D eigenvalue weighted by molar-refractivity contribution is 0.194.